The SMILES string of the molecule is CCCc1c(C=O)cnn1-c1cccc(C2=CCCC(C)=C2OCc2ccc3c(c2C)CCN(C)C3)n1. The molecule has 0 fully saturated rings. The Bertz CT molecular complexity index is 1380. The molecule has 0 radical (unpaired) electrons. The molecule has 3 aromatic rings. The van der Waals surface area contributed by atoms with Crippen molar-refractivity contribution in [3.8, 4) is 5.82 Å². The van der Waals surface area contributed by atoms with Crippen LogP contribution in [-0.2, 0) is 30.7 Å². The normalized spacial score (nSPS) is 15.9. The molecule has 6 heteroatoms. The Morgan fingerprint density at radius 2 is 2.00 bits per heavy atom. The number of fused-ring (bicyclic) bond motifs is 1. The Hall–Kier alpha value is -3.51. The van der Waals surface area contributed by atoms with Crippen LogP contribution in [0.3, 0.4) is 0 Å². The first-order valence-corrected chi connectivity index (χ1v) is 13.3. The first-order chi connectivity index (χ1) is 18.0. The fourth-order valence-electron chi connectivity index (χ4n) is 5.49. The monoisotopic (exact) mass is 496 g/mol. The lowest BCUT2D eigenvalue weighted by Crippen LogP contribution is -2.27. The Labute approximate surface area is 219 Å². The molecule has 0 atom stereocenters. The molecule has 0 saturated heterocycles. The number of hydrogen-bond donors (Lipinski definition) is 0. The van der Waals surface area contributed by atoms with Gasteiger partial charge < -0.3 is 9.64 Å². The Morgan fingerprint density at radius 3 is 2.81 bits per heavy atom. The third kappa shape index (κ3) is 5.03. The molecule has 1 aliphatic heterocycles. The molecule has 5 rings (SSSR count). The van der Waals surface area contributed by atoms with E-state index in [9.17, 15) is 4.79 Å². The zero-order valence-corrected chi connectivity index (χ0v) is 22.4. The van der Waals surface area contributed by atoms with E-state index in [4.69, 9.17) is 9.72 Å². The van der Waals surface area contributed by atoms with Crippen molar-refractivity contribution in [2.45, 2.75) is 66.0 Å². The van der Waals surface area contributed by atoms with Gasteiger partial charge in [-0.2, -0.15) is 5.10 Å². The second-order valence-electron chi connectivity index (χ2n) is 10.2. The minimum atomic E-state index is 0.543. The maximum absolute atomic E-state index is 11.5. The van der Waals surface area contributed by atoms with Crippen LogP contribution < -0.4 is 0 Å². The number of carbonyl (C=O) groups excluding carboxylic acids is 1. The number of benzene rings is 1. The number of pyridine rings is 1. The summed E-state index contributed by atoms with van der Waals surface area (Å²) >= 11 is 0. The number of carbonyl (C=O) groups is 1. The van der Waals surface area contributed by atoms with Gasteiger partial charge in [-0.3, -0.25) is 4.79 Å². The summed E-state index contributed by atoms with van der Waals surface area (Å²) in [7, 11) is 2.18. The van der Waals surface area contributed by atoms with E-state index in [1.165, 1.54) is 27.8 Å². The van der Waals surface area contributed by atoms with Crippen LogP contribution in [0.4, 0.5) is 0 Å². The lowest BCUT2D eigenvalue weighted by molar-refractivity contribution is 0.112. The van der Waals surface area contributed by atoms with E-state index in [1.54, 1.807) is 10.9 Å². The number of rotatable bonds is 8. The van der Waals surface area contributed by atoms with Crippen LogP contribution in [0.15, 0.2) is 53.9 Å². The minimum Gasteiger partial charge on any atom is -0.488 e. The second kappa shape index (κ2) is 10.9. The van der Waals surface area contributed by atoms with E-state index in [0.29, 0.717) is 18.0 Å². The van der Waals surface area contributed by atoms with Crippen LogP contribution in [0.5, 0.6) is 0 Å². The zero-order chi connectivity index (χ0) is 25.9. The standard InChI is InChI=1S/C31H36N4O2/c1-5-8-29-25(19-36)17-32-35(29)30-12-7-11-28(33-30)27-10-6-9-21(2)31(27)37-20-24-14-13-23-18-34(4)16-15-26(23)22(24)3/h7,10-14,17,19H,5-6,8-9,15-16,18,20H2,1-4H3. The summed E-state index contributed by atoms with van der Waals surface area (Å²) in [6.07, 6.45) is 9.47. The van der Waals surface area contributed by atoms with Gasteiger partial charge in [0.25, 0.3) is 0 Å². The summed E-state index contributed by atoms with van der Waals surface area (Å²) in [5, 5.41) is 4.48. The molecule has 0 bridgehead atoms. The molecule has 0 saturated carbocycles. The second-order valence-corrected chi connectivity index (χ2v) is 10.2. The fraction of sp³-hybridized carbons (Fsp3) is 0.387. The summed E-state index contributed by atoms with van der Waals surface area (Å²) in [5.74, 6) is 1.64. The van der Waals surface area contributed by atoms with Crippen LogP contribution in [0.25, 0.3) is 11.4 Å². The average Bonchev–Trinajstić information content (AvgIpc) is 3.32. The first kappa shape index (κ1) is 25.2. The number of ether oxygens (including phenoxy) is 1. The van der Waals surface area contributed by atoms with E-state index in [1.807, 2.05) is 18.2 Å². The third-order valence-electron chi connectivity index (χ3n) is 7.61. The van der Waals surface area contributed by atoms with Gasteiger partial charge in [-0.1, -0.05) is 37.6 Å². The number of aldehydes is 1. The molecule has 37 heavy (non-hydrogen) atoms. The fourth-order valence-corrected chi connectivity index (χ4v) is 5.49. The van der Waals surface area contributed by atoms with E-state index >= 15 is 0 Å². The molecule has 0 N–H and O–H groups in total. The predicted octanol–water partition coefficient (Wildman–Crippen LogP) is 6.00. The van der Waals surface area contributed by atoms with Gasteiger partial charge in [0.1, 0.15) is 12.4 Å². The molecule has 0 unspecified atom stereocenters. The van der Waals surface area contributed by atoms with Gasteiger partial charge in [-0.05, 0) is 86.5 Å². The van der Waals surface area contributed by atoms with Gasteiger partial charge >= 0.3 is 0 Å². The summed E-state index contributed by atoms with van der Waals surface area (Å²) in [4.78, 5) is 18.9. The van der Waals surface area contributed by atoms with Crippen LogP contribution >= 0.6 is 0 Å². The van der Waals surface area contributed by atoms with Crippen molar-refractivity contribution in [2.24, 2.45) is 0 Å². The van der Waals surface area contributed by atoms with Crippen molar-refractivity contribution in [1.82, 2.24) is 19.7 Å². The predicted molar refractivity (Wildman–Crippen MR) is 147 cm³/mol. The molecular formula is C31H36N4O2. The molecule has 0 spiro atoms. The molecule has 2 aromatic heterocycles. The third-order valence-corrected chi connectivity index (χ3v) is 7.61. The van der Waals surface area contributed by atoms with Gasteiger partial charge in [0.15, 0.2) is 12.1 Å². The molecule has 1 aliphatic carbocycles. The molecular weight excluding hydrogens is 460 g/mol. The van der Waals surface area contributed by atoms with Crippen LogP contribution in [-0.4, -0.2) is 39.5 Å². The highest BCUT2D eigenvalue weighted by molar-refractivity contribution is 5.78. The van der Waals surface area contributed by atoms with Gasteiger partial charge in [0, 0.05) is 18.7 Å². The Kier molecular flexibility index (Phi) is 7.38. The maximum Gasteiger partial charge on any atom is 0.154 e. The van der Waals surface area contributed by atoms with Crippen molar-refractivity contribution in [1.29, 1.82) is 0 Å². The molecule has 2 aliphatic rings. The largest absolute Gasteiger partial charge is 0.488 e. The van der Waals surface area contributed by atoms with Crippen molar-refractivity contribution in [3.05, 3.63) is 93.1 Å². The number of aromatic nitrogens is 3. The summed E-state index contributed by atoms with van der Waals surface area (Å²) in [6, 6.07) is 10.5. The quantitative estimate of drug-likeness (QED) is 0.358. The van der Waals surface area contributed by atoms with Crippen LogP contribution in [0.1, 0.15) is 77.1 Å². The summed E-state index contributed by atoms with van der Waals surface area (Å²) < 4.78 is 8.36. The lowest BCUT2D eigenvalue weighted by atomic mass is 9.92. The first-order valence-electron chi connectivity index (χ1n) is 13.3. The Balaban J connectivity index is 1.42. The van der Waals surface area contributed by atoms with Gasteiger partial charge in [-0.25, -0.2) is 9.67 Å². The zero-order valence-electron chi connectivity index (χ0n) is 22.4. The number of nitrogens with zero attached hydrogens (tertiary/aromatic N) is 4. The molecule has 3 heterocycles. The number of allylic oxidation sites excluding steroid dienone is 3. The van der Waals surface area contributed by atoms with E-state index in [0.717, 1.165) is 74.2 Å². The number of likely N-dealkylation sites (N-methyl/N-ethyl adjacent to an activating group) is 1. The topological polar surface area (TPSA) is 60.3 Å². The summed E-state index contributed by atoms with van der Waals surface area (Å²) in [6.45, 7) is 9.15. The van der Waals surface area contributed by atoms with Gasteiger partial charge in [0.2, 0.25) is 0 Å². The smallest absolute Gasteiger partial charge is 0.154 e. The highest BCUT2D eigenvalue weighted by atomic mass is 16.5. The van der Waals surface area contributed by atoms with Crippen LogP contribution in [0, 0.1) is 6.92 Å². The van der Waals surface area contributed by atoms with Gasteiger partial charge in [0.05, 0.1) is 23.1 Å². The lowest BCUT2D eigenvalue weighted by Gasteiger charge is -2.27. The van der Waals surface area contributed by atoms with Gasteiger partial charge in [-0.15, -0.1) is 0 Å². The Morgan fingerprint density at radius 1 is 1.14 bits per heavy atom. The van der Waals surface area contributed by atoms with Crippen molar-refractivity contribution >= 4 is 11.9 Å². The van der Waals surface area contributed by atoms with Crippen LogP contribution in [0.2, 0.25) is 0 Å². The van der Waals surface area contributed by atoms with E-state index < -0.39 is 0 Å². The average molecular weight is 497 g/mol. The molecule has 192 valence electrons. The van der Waals surface area contributed by atoms with Crippen molar-refractivity contribution in [3.63, 3.8) is 0 Å². The molecule has 6 nitrogen and oxygen atoms in total. The van der Waals surface area contributed by atoms with Crippen molar-refractivity contribution in [2.75, 3.05) is 13.6 Å². The maximum atomic E-state index is 11.5. The molecule has 1 aromatic carbocycles. The number of hydrogen-bond acceptors (Lipinski definition) is 5. The minimum absolute atomic E-state index is 0.543. The van der Waals surface area contributed by atoms with Crippen molar-refractivity contribution < 1.29 is 9.53 Å². The highest BCUT2D eigenvalue weighted by Gasteiger charge is 2.21. The molecule has 0 amide bonds. The van der Waals surface area contributed by atoms with E-state index in [-0.39, 0.29) is 0 Å². The summed E-state index contributed by atoms with van der Waals surface area (Å²) in [5.41, 5.74) is 10.2. The van der Waals surface area contributed by atoms with E-state index in [2.05, 4.69) is 56.0 Å². The highest BCUT2D eigenvalue weighted by Crippen LogP contribution is 2.34.